The Kier molecular flexibility index (Phi) is 4.23. The number of anilines is 1. The Bertz CT molecular complexity index is 644. The third-order valence-corrected chi connectivity index (χ3v) is 3.79. The van der Waals surface area contributed by atoms with Crippen LogP contribution in [0.5, 0.6) is 0 Å². The smallest absolute Gasteiger partial charge is 0.181 e. The highest BCUT2D eigenvalue weighted by Gasteiger charge is 2.07. The molecule has 2 nitrogen and oxygen atoms in total. The zero-order valence-corrected chi connectivity index (χ0v) is 12.6. The average Bonchev–Trinajstić information content (AvgIpc) is 2.43. The molecule has 0 saturated carbocycles. The van der Waals surface area contributed by atoms with E-state index in [1.54, 1.807) is 0 Å². The molecule has 0 amide bonds. The Labute approximate surface area is 120 Å². The topological polar surface area (TPSA) is 29.1 Å². The van der Waals surface area contributed by atoms with Gasteiger partial charge in [-0.2, -0.15) is 0 Å². The summed E-state index contributed by atoms with van der Waals surface area (Å²) in [5, 5.41) is 3.20. The van der Waals surface area contributed by atoms with Gasteiger partial charge in [-0.25, -0.2) is 0 Å². The average molecular weight is 267 g/mol. The van der Waals surface area contributed by atoms with E-state index >= 15 is 0 Å². The number of hydrogen-bond donors (Lipinski definition) is 1. The summed E-state index contributed by atoms with van der Waals surface area (Å²) in [7, 11) is 0. The van der Waals surface area contributed by atoms with E-state index in [1.165, 1.54) is 16.7 Å². The molecule has 104 valence electrons. The Hall–Kier alpha value is -2.09. The van der Waals surface area contributed by atoms with Gasteiger partial charge >= 0.3 is 0 Å². The largest absolute Gasteiger partial charge is 0.378 e. The van der Waals surface area contributed by atoms with E-state index in [1.807, 2.05) is 31.2 Å². The van der Waals surface area contributed by atoms with E-state index in [9.17, 15) is 4.79 Å². The van der Waals surface area contributed by atoms with Crippen molar-refractivity contribution in [2.45, 2.75) is 27.7 Å². The molecule has 0 atom stereocenters. The summed E-state index contributed by atoms with van der Waals surface area (Å²) in [5.74, 6) is 0.117. The van der Waals surface area contributed by atoms with Crippen molar-refractivity contribution in [2.75, 3.05) is 11.9 Å². The molecular weight excluding hydrogens is 246 g/mol. The zero-order chi connectivity index (χ0) is 14.7. The van der Waals surface area contributed by atoms with Crippen LogP contribution in [-0.4, -0.2) is 12.3 Å². The quantitative estimate of drug-likeness (QED) is 0.840. The van der Waals surface area contributed by atoms with Gasteiger partial charge in [0.1, 0.15) is 0 Å². The summed E-state index contributed by atoms with van der Waals surface area (Å²) in [5.41, 5.74) is 6.62. The van der Waals surface area contributed by atoms with Crippen LogP contribution < -0.4 is 5.32 Å². The van der Waals surface area contributed by atoms with Crippen molar-refractivity contribution in [1.82, 2.24) is 0 Å². The first-order valence-corrected chi connectivity index (χ1v) is 6.89. The molecule has 0 fully saturated rings. The maximum Gasteiger partial charge on any atom is 0.181 e. The summed E-state index contributed by atoms with van der Waals surface area (Å²) >= 11 is 0. The second-order valence-electron chi connectivity index (χ2n) is 5.37. The molecule has 2 rings (SSSR count). The number of nitrogens with one attached hydrogen (secondary N) is 1. The molecule has 0 aliphatic rings. The Morgan fingerprint density at radius 2 is 1.45 bits per heavy atom. The van der Waals surface area contributed by atoms with Crippen molar-refractivity contribution in [1.29, 1.82) is 0 Å². The number of Topliss-reactive ketones (excluding diaryl/α,β-unsaturated/α-hetero) is 1. The van der Waals surface area contributed by atoms with Crippen LogP contribution in [0.4, 0.5) is 5.69 Å². The second-order valence-corrected chi connectivity index (χ2v) is 5.37. The lowest BCUT2D eigenvalue weighted by Gasteiger charge is -2.09. The molecule has 0 aliphatic heterocycles. The van der Waals surface area contributed by atoms with E-state index in [0.717, 1.165) is 16.8 Å². The van der Waals surface area contributed by atoms with Crippen LogP contribution in [0, 0.1) is 27.7 Å². The lowest BCUT2D eigenvalue weighted by molar-refractivity contribution is 0.101. The number of carbonyl (C=O) groups is 1. The predicted octanol–water partition coefficient (Wildman–Crippen LogP) is 4.22. The highest BCUT2D eigenvalue weighted by atomic mass is 16.1. The summed E-state index contributed by atoms with van der Waals surface area (Å²) in [4.78, 5) is 12.2. The maximum absolute atomic E-state index is 12.2. The van der Waals surface area contributed by atoms with Gasteiger partial charge < -0.3 is 5.32 Å². The van der Waals surface area contributed by atoms with Gasteiger partial charge in [-0.1, -0.05) is 18.2 Å². The Morgan fingerprint density at radius 3 is 2.05 bits per heavy atom. The Balaban J connectivity index is 2.04. The molecule has 1 N–H and O–H groups in total. The van der Waals surface area contributed by atoms with Gasteiger partial charge in [0.15, 0.2) is 5.78 Å². The standard InChI is InChI=1S/C18H21NO/c1-12-5-7-16(9-14(12)3)18(20)11-19-17-8-6-13(2)15(4)10-17/h5-10,19H,11H2,1-4H3. The molecule has 0 bridgehead atoms. The number of carbonyl (C=O) groups excluding carboxylic acids is 1. The third-order valence-electron chi connectivity index (χ3n) is 3.79. The SMILES string of the molecule is Cc1ccc(NCC(=O)c2ccc(C)c(C)c2)cc1C. The van der Waals surface area contributed by atoms with Gasteiger partial charge in [0.2, 0.25) is 0 Å². The van der Waals surface area contributed by atoms with Crippen molar-refractivity contribution < 1.29 is 4.79 Å². The molecule has 0 radical (unpaired) electrons. The number of benzene rings is 2. The van der Waals surface area contributed by atoms with E-state index in [2.05, 4.69) is 38.2 Å². The van der Waals surface area contributed by atoms with Gasteiger partial charge in [0.25, 0.3) is 0 Å². The number of aryl methyl sites for hydroxylation is 4. The van der Waals surface area contributed by atoms with Crippen molar-refractivity contribution in [3.63, 3.8) is 0 Å². The lowest BCUT2D eigenvalue weighted by Crippen LogP contribution is -2.14. The van der Waals surface area contributed by atoms with Crippen molar-refractivity contribution in [3.8, 4) is 0 Å². The molecule has 20 heavy (non-hydrogen) atoms. The third kappa shape index (κ3) is 3.27. The zero-order valence-electron chi connectivity index (χ0n) is 12.6. The van der Waals surface area contributed by atoms with Crippen LogP contribution in [0.15, 0.2) is 36.4 Å². The molecular formula is C18H21NO. The van der Waals surface area contributed by atoms with E-state index in [-0.39, 0.29) is 5.78 Å². The van der Waals surface area contributed by atoms with Crippen LogP contribution in [0.3, 0.4) is 0 Å². The van der Waals surface area contributed by atoms with E-state index < -0.39 is 0 Å². The molecule has 0 saturated heterocycles. The first kappa shape index (κ1) is 14.3. The maximum atomic E-state index is 12.2. The number of ketones is 1. The van der Waals surface area contributed by atoms with E-state index in [0.29, 0.717) is 6.54 Å². The fourth-order valence-corrected chi connectivity index (χ4v) is 2.05. The van der Waals surface area contributed by atoms with Gasteiger partial charge in [0, 0.05) is 11.3 Å². The van der Waals surface area contributed by atoms with Crippen LogP contribution in [0.1, 0.15) is 32.6 Å². The normalized spacial score (nSPS) is 10.4. The van der Waals surface area contributed by atoms with E-state index in [4.69, 9.17) is 0 Å². The number of hydrogen-bond acceptors (Lipinski definition) is 2. The van der Waals surface area contributed by atoms with Gasteiger partial charge in [-0.05, 0) is 68.1 Å². The molecule has 0 aliphatic carbocycles. The van der Waals surface area contributed by atoms with Crippen LogP contribution in [-0.2, 0) is 0 Å². The van der Waals surface area contributed by atoms with Gasteiger partial charge in [-0.15, -0.1) is 0 Å². The predicted molar refractivity (Wildman–Crippen MR) is 84.7 cm³/mol. The molecule has 0 unspecified atom stereocenters. The fraction of sp³-hybridized carbons (Fsp3) is 0.278. The molecule has 2 aromatic carbocycles. The highest BCUT2D eigenvalue weighted by Crippen LogP contribution is 2.15. The summed E-state index contributed by atoms with van der Waals surface area (Å²) in [6, 6.07) is 12.0. The van der Waals surface area contributed by atoms with Crippen molar-refractivity contribution in [2.24, 2.45) is 0 Å². The van der Waals surface area contributed by atoms with Gasteiger partial charge in [-0.3, -0.25) is 4.79 Å². The van der Waals surface area contributed by atoms with Crippen molar-refractivity contribution >= 4 is 11.5 Å². The summed E-state index contributed by atoms with van der Waals surface area (Å²) < 4.78 is 0. The van der Waals surface area contributed by atoms with Crippen LogP contribution in [0.2, 0.25) is 0 Å². The van der Waals surface area contributed by atoms with Gasteiger partial charge in [0.05, 0.1) is 6.54 Å². The highest BCUT2D eigenvalue weighted by molar-refractivity contribution is 5.99. The van der Waals surface area contributed by atoms with Crippen LogP contribution >= 0.6 is 0 Å². The monoisotopic (exact) mass is 267 g/mol. The van der Waals surface area contributed by atoms with Crippen LogP contribution in [0.25, 0.3) is 0 Å². The minimum atomic E-state index is 0.117. The Morgan fingerprint density at radius 1 is 0.850 bits per heavy atom. The summed E-state index contributed by atoms with van der Waals surface area (Å²) in [6.45, 7) is 8.57. The lowest BCUT2D eigenvalue weighted by atomic mass is 10.0. The first-order valence-electron chi connectivity index (χ1n) is 6.89. The first-order chi connectivity index (χ1) is 9.47. The molecule has 0 spiro atoms. The fourth-order valence-electron chi connectivity index (χ4n) is 2.05. The minimum absolute atomic E-state index is 0.117. The number of rotatable bonds is 4. The molecule has 0 heterocycles. The molecule has 2 heteroatoms. The van der Waals surface area contributed by atoms with Crippen molar-refractivity contribution in [3.05, 3.63) is 64.2 Å². The molecule has 2 aromatic rings. The summed E-state index contributed by atoms with van der Waals surface area (Å²) in [6.07, 6.45) is 0. The molecule has 0 aromatic heterocycles. The second kappa shape index (κ2) is 5.91. The minimum Gasteiger partial charge on any atom is -0.378 e.